The molecule has 144 heavy (non-hydrogen) atoms. The van der Waals surface area contributed by atoms with Crippen LogP contribution in [0.3, 0.4) is 0 Å². The Hall–Kier alpha value is -15.6. The van der Waals surface area contributed by atoms with Crippen molar-refractivity contribution < 1.29 is 174 Å². The van der Waals surface area contributed by atoms with Gasteiger partial charge in [-0.1, -0.05) is 224 Å². The molecule has 0 unspecified atom stereocenters. The second-order valence-electron chi connectivity index (χ2n) is 34.1. The molecule has 9 aromatic heterocycles. The molecule has 17 aromatic carbocycles. The number of rotatable bonds is 11. The van der Waals surface area contributed by atoms with Crippen molar-refractivity contribution >= 4 is 130 Å². The molecule has 0 saturated heterocycles. The van der Waals surface area contributed by atoms with Crippen LogP contribution in [0.5, 0.6) is 34.5 Å². The van der Waals surface area contributed by atoms with E-state index in [1.807, 2.05) is 255 Å². The van der Waals surface area contributed by atoms with E-state index in [1.54, 1.807) is 67.8 Å². The molecule has 18 nitrogen and oxygen atoms in total. The van der Waals surface area contributed by atoms with Gasteiger partial charge in [0.1, 0.15) is 12.7 Å². The molecule has 24 heteroatoms. The molecule has 26 rings (SSSR count). The monoisotopic (exact) mass is 1820 g/mol. The van der Waals surface area contributed by atoms with Gasteiger partial charge in [0.15, 0.2) is 43.0 Å². The summed E-state index contributed by atoms with van der Waals surface area (Å²) in [5.74, 6) is 0.223. The van der Waals surface area contributed by atoms with Gasteiger partial charge < -0.3 is 30.6 Å². The molecule has 0 amide bonds. The number of H-pyrrole nitrogens is 6. The Morgan fingerprint density at radius 1 is 0.181 bits per heavy atom. The van der Waals surface area contributed by atoms with Crippen molar-refractivity contribution in [3.8, 4) is 157 Å². The van der Waals surface area contributed by atoms with E-state index in [0.717, 1.165) is 197 Å². The van der Waals surface area contributed by atoms with Crippen molar-refractivity contribution in [1.29, 1.82) is 0 Å². The molecule has 0 fully saturated rings. The summed E-state index contributed by atoms with van der Waals surface area (Å²) in [4.78, 5) is 46.1. The Morgan fingerprint density at radius 3 is 0.785 bits per heavy atom. The first kappa shape index (κ1) is 98.6. The van der Waals surface area contributed by atoms with Crippen LogP contribution in [0.15, 0.2) is 414 Å². The Labute approximate surface area is 897 Å². The second kappa shape index (κ2) is 41.9. The number of aromatic nitrogens is 12. The van der Waals surface area contributed by atoms with Crippen LogP contribution in [-0.4, -0.2) is 29.9 Å². The van der Waals surface area contributed by atoms with Gasteiger partial charge in [-0.2, -0.15) is 0 Å². The maximum Gasteiger partial charge on any atom is 1.00 e. The van der Waals surface area contributed by atoms with Gasteiger partial charge in [0, 0.05) is 105 Å². The van der Waals surface area contributed by atoms with E-state index < -0.39 is 0 Å². The summed E-state index contributed by atoms with van der Waals surface area (Å²) < 4.78 is 0. The number of hydrogen-bond donors (Lipinski definition) is 0. The fourth-order valence-electron chi connectivity index (χ4n) is 20.1. The van der Waals surface area contributed by atoms with Crippen LogP contribution < -0.4 is 174 Å². The summed E-state index contributed by atoms with van der Waals surface area (Å²) in [5.41, 5.74) is 21.6. The van der Waals surface area contributed by atoms with Gasteiger partial charge in [-0.15, -0.1) is 0 Å². The number of hydrogen-bond acceptors (Lipinski definition) is 12. The first-order valence-corrected chi connectivity index (χ1v) is 45.1. The number of pyridine rings is 6. The van der Waals surface area contributed by atoms with Gasteiger partial charge >= 0.3 is 113 Å². The topological polar surface area (TPSA) is 301 Å². The van der Waals surface area contributed by atoms with Crippen LogP contribution in [0.25, 0.3) is 253 Å². The molecule has 0 radical (unpaired) electrons. The Balaban J connectivity index is 0.000000141. The zero-order valence-corrected chi connectivity index (χ0v) is 79.4. The number of nitrogens with zero attached hydrogens (tertiary/aromatic N) is 6. The normalized spacial score (nSPS) is 11.0. The summed E-state index contributed by atoms with van der Waals surface area (Å²) in [7, 11) is 0. The molecule has 0 aliphatic rings. The maximum atomic E-state index is 14.5. The Morgan fingerprint density at radius 2 is 0.438 bits per heavy atom. The quantitative estimate of drug-likeness (QED) is 0.133. The molecular weight excluding hydrogens is 1750 g/mol. The summed E-state index contributed by atoms with van der Waals surface area (Å²) in [6, 6.07) is 111. The van der Waals surface area contributed by atoms with Gasteiger partial charge in [0.2, 0.25) is 33.1 Å². The second-order valence-corrected chi connectivity index (χ2v) is 34.1. The molecule has 0 saturated carbocycles. The molecule has 0 aliphatic carbocycles. The van der Waals surface area contributed by atoms with Gasteiger partial charge in [0.05, 0.1) is 27.5 Å². The van der Waals surface area contributed by atoms with E-state index in [9.17, 15) is 30.6 Å². The zero-order valence-electron chi connectivity index (χ0n) is 79.4. The smallest absolute Gasteiger partial charge is 0.868 e. The summed E-state index contributed by atoms with van der Waals surface area (Å²) in [6.45, 7) is 0. The van der Waals surface area contributed by atoms with E-state index in [0.29, 0.717) is 55.6 Å². The molecular formula is C120H74Li6N12O6+6. The summed E-state index contributed by atoms with van der Waals surface area (Å²) >= 11 is 0. The van der Waals surface area contributed by atoms with Gasteiger partial charge in [-0.25, -0.2) is 59.8 Å². The molecule has 0 aliphatic heterocycles. The minimum atomic E-state index is -0.0782. The summed E-state index contributed by atoms with van der Waals surface area (Å²) in [6.07, 6.45) is 20.9. The van der Waals surface area contributed by atoms with E-state index in [2.05, 4.69) is 129 Å². The fourth-order valence-corrected chi connectivity index (χ4v) is 20.1. The zero-order chi connectivity index (χ0) is 92.6. The van der Waals surface area contributed by atoms with Crippen LogP contribution in [0.1, 0.15) is 0 Å². The van der Waals surface area contributed by atoms with Crippen molar-refractivity contribution in [2.45, 2.75) is 0 Å². The van der Waals surface area contributed by atoms with Crippen LogP contribution >= 0.6 is 0 Å². The van der Waals surface area contributed by atoms with Crippen LogP contribution in [0.2, 0.25) is 0 Å². The van der Waals surface area contributed by atoms with E-state index in [4.69, 9.17) is 9.97 Å². The van der Waals surface area contributed by atoms with Crippen molar-refractivity contribution in [1.82, 2.24) is 29.9 Å². The average Bonchev–Trinajstić information content (AvgIpc) is 1.10. The molecule has 0 spiro atoms. The third kappa shape index (κ3) is 17.6. The van der Waals surface area contributed by atoms with E-state index in [1.165, 1.54) is 12.7 Å². The minimum absolute atomic E-state index is 0. The van der Waals surface area contributed by atoms with E-state index >= 15 is 0 Å². The number of aromatic amines is 6. The largest absolute Gasteiger partial charge is 1.00 e. The molecule has 0 atom stereocenters. The number of fused-ring (bicyclic) bond motifs is 12. The van der Waals surface area contributed by atoms with Crippen molar-refractivity contribution in [2.24, 2.45) is 0 Å². The van der Waals surface area contributed by atoms with Gasteiger partial charge in [0.25, 0.3) is 0 Å². The first-order valence-electron chi connectivity index (χ1n) is 45.1. The fraction of sp³-hybridized carbons (Fsp3) is 0. The van der Waals surface area contributed by atoms with Crippen molar-refractivity contribution in [2.75, 3.05) is 0 Å². The molecule has 0 bridgehead atoms. The summed E-state index contributed by atoms with van der Waals surface area (Å²) in [5, 5.41) is 97.7. The van der Waals surface area contributed by atoms with E-state index in [-0.39, 0.29) is 148 Å². The standard InChI is InChI=1S/C48H30N4O2.2C36H22N4O2.6Li/c53-42-24-23-35(37-18-10-26-50-46(37)42)43-33-16-7-8-17-34(33)44(38-22-19-30-15-9-25-49-45(30)47(38)54)39-27-32(20-21-36(39)43)41-28-40(29-11-3-1-4-12-29)51-48(52-41)31-13-5-2-6-14-31;41-35-28(13-9-21-5-3-15-39-33(21)35)31-25-7-1-2-8-26(25)32(29-14-10-22-6-4-16-40-34(22)36(29)42)30-17-23(11-12-27(30)31)24-18-37-20-38-19-24;41-31-13-11-25(28-7-3-15-39-35(28)31)33-23-5-1-2-6-24(23)34(26-12-14-32(42)36-29(26)8-4-16-40-36)30-17-21(9-10-27(30)33)22-18-37-20-38-19-22;;;;;;/h1-28,53-54H;2*1-20,41-42H;;;;;;/q;;;6*+1. The molecule has 6 N–H and O–H groups in total. The van der Waals surface area contributed by atoms with Gasteiger partial charge in [-0.05, 0) is 256 Å². The average molecular weight is 1820 g/mol. The van der Waals surface area contributed by atoms with Crippen molar-refractivity contribution in [3.63, 3.8) is 0 Å². The molecule has 650 valence electrons. The minimum Gasteiger partial charge on any atom is -0.868 e. The Bertz CT molecular complexity index is 9430. The Kier molecular flexibility index (Phi) is 28.7. The molecule has 9 heterocycles. The van der Waals surface area contributed by atoms with Gasteiger partial charge in [-0.3, -0.25) is 0 Å². The SMILES string of the molecule is [Li+].[Li+].[Li+].[Li+].[Li+].[Li+].[O-]c1c(-c2c3ccccc3c(-c3ccc([O-])c4[nH+]cccc34)c3ccc(-c4cc(-c5ccccc5)nc(-c5ccccc5)n4)cc23)ccc2ccc[nH+]c12.[O-]c1c(-c2c3ccccc3c(-c3ccc4ccc[nH+]c4c3[O-])c3cc(-c4cncnc4)ccc23)ccc2ccc[nH+]c12.[O-]c1ccc(-c2c3ccccc3c(-c3ccc([O-])c4[nH+]cccc34)c3cc(-c4cncnc4)ccc23)c2ccc[nH+]c12. The number of nitrogens with one attached hydrogen (secondary N) is 6. The van der Waals surface area contributed by atoms with Crippen LogP contribution in [-0.2, 0) is 0 Å². The third-order valence-corrected chi connectivity index (χ3v) is 26.4. The van der Waals surface area contributed by atoms with Crippen LogP contribution in [0.4, 0.5) is 0 Å². The first-order chi connectivity index (χ1) is 68.0. The van der Waals surface area contributed by atoms with Crippen LogP contribution in [0, 0.1) is 0 Å². The predicted octanol–water partition coefficient (Wildman–Crippen LogP) is 2.96. The maximum absolute atomic E-state index is 14.5. The third-order valence-electron chi connectivity index (χ3n) is 26.4. The van der Waals surface area contributed by atoms with Crippen molar-refractivity contribution in [3.05, 3.63) is 414 Å². The predicted molar refractivity (Wildman–Crippen MR) is 532 cm³/mol. The molecule has 26 aromatic rings. The number of benzene rings is 17.